The Morgan fingerprint density at radius 3 is 2.71 bits per heavy atom. The predicted octanol–water partition coefficient (Wildman–Crippen LogP) is 1.27. The molecule has 8 heteroatoms. The molecule has 0 aromatic carbocycles. The molecule has 3 amide bonds. The number of aromatic nitrogens is 1. The number of rotatable bonds is 5. The van der Waals surface area contributed by atoms with Crippen LogP contribution >= 0.6 is 11.3 Å². The molecule has 0 spiro atoms. The summed E-state index contributed by atoms with van der Waals surface area (Å²) < 4.78 is 0. The summed E-state index contributed by atoms with van der Waals surface area (Å²) in [5.41, 5.74) is -0.948. The maximum Gasteiger partial charge on any atom is 0.323 e. The fraction of sp³-hybridized carbons (Fsp3) is 0.615. The van der Waals surface area contributed by atoms with E-state index in [1.54, 1.807) is 25.8 Å². The number of carbonyl (C=O) groups excluding carboxylic acids is 2. The van der Waals surface area contributed by atoms with Crippen molar-refractivity contribution in [3.63, 3.8) is 0 Å². The van der Waals surface area contributed by atoms with Gasteiger partial charge in [-0.05, 0) is 26.7 Å². The zero-order valence-electron chi connectivity index (χ0n) is 12.3. The monoisotopic (exact) mass is 312 g/mol. The number of amides is 3. The molecule has 1 aromatic heterocycles. The SMILES string of the molecule is CNC(=O)c1cnc(NC(=O)N(CC(C)(C)O)C2CC2)s1. The van der Waals surface area contributed by atoms with Crippen LogP contribution in [0.3, 0.4) is 0 Å². The van der Waals surface area contributed by atoms with Gasteiger partial charge >= 0.3 is 6.03 Å². The maximum atomic E-state index is 12.3. The van der Waals surface area contributed by atoms with Crippen LogP contribution in [0.1, 0.15) is 36.4 Å². The minimum atomic E-state index is -0.948. The lowest BCUT2D eigenvalue weighted by atomic mass is 10.1. The Hall–Kier alpha value is -1.67. The molecule has 0 atom stereocenters. The zero-order chi connectivity index (χ0) is 15.6. The van der Waals surface area contributed by atoms with Crippen molar-refractivity contribution in [1.82, 2.24) is 15.2 Å². The fourth-order valence-electron chi connectivity index (χ4n) is 1.89. The maximum absolute atomic E-state index is 12.3. The van der Waals surface area contributed by atoms with Crippen LogP contribution in [0, 0.1) is 0 Å². The highest BCUT2D eigenvalue weighted by atomic mass is 32.1. The van der Waals surface area contributed by atoms with Crippen LogP contribution in [0.4, 0.5) is 9.93 Å². The summed E-state index contributed by atoms with van der Waals surface area (Å²) in [5.74, 6) is -0.233. The van der Waals surface area contributed by atoms with Crippen LogP contribution in [0.15, 0.2) is 6.20 Å². The van der Waals surface area contributed by atoms with Gasteiger partial charge in [-0.3, -0.25) is 10.1 Å². The molecule has 0 aliphatic heterocycles. The lowest BCUT2D eigenvalue weighted by Gasteiger charge is -2.28. The lowest BCUT2D eigenvalue weighted by Crippen LogP contribution is -2.45. The molecule has 7 nitrogen and oxygen atoms in total. The van der Waals surface area contributed by atoms with Gasteiger partial charge in [-0.1, -0.05) is 11.3 Å². The molecule has 2 rings (SSSR count). The highest BCUT2D eigenvalue weighted by Gasteiger charge is 2.35. The van der Waals surface area contributed by atoms with Crippen LogP contribution in [-0.4, -0.2) is 52.2 Å². The van der Waals surface area contributed by atoms with Gasteiger partial charge in [0, 0.05) is 13.1 Å². The van der Waals surface area contributed by atoms with Gasteiger partial charge in [-0.15, -0.1) is 0 Å². The topological polar surface area (TPSA) is 94.6 Å². The number of urea groups is 1. The van der Waals surface area contributed by atoms with Crippen molar-refractivity contribution in [2.24, 2.45) is 0 Å². The molecule has 116 valence electrons. The van der Waals surface area contributed by atoms with Crippen LogP contribution in [0.5, 0.6) is 0 Å². The molecular weight excluding hydrogens is 292 g/mol. The third-order valence-electron chi connectivity index (χ3n) is 2.98. The number of hydrogen-bond acceptors (Lipinski definition) is 5. The van der Waals surface area contributed by atoms with E-state index in [9.17, 15) is 14.7 Å². The highest BCUT2D eigenvalue weighted by Crippen LogP contribution is 2.29. The second kappa shape index (κ2) is 5.98. The highest BCUT2D eigenvalue weighted by molar-refractivity contribution is 7.17. The van der Waals surface area contributed by atoms with Gasteiger partial charge in [-0.25, -0.2) is 9.78 Å². The summed E-state index contributed by atoms with van der Waals surface area (Å²) >= 11 is 1.12. The number of hydrogen-bond donors (Lipinski definition) is 3. The van der Waals surface area contributed by atoms with Crippen molar-refractivity contribution in [3.8, 4) is 0 Å². The standard InChI is InChI=1S/C13H20N4O3S/c1-13(2,20)7-17(8-4-5-8)12(19)16-11-15-6-9(21-11)10(18)14-3/h6,8,20H,4-5,7H2,1-3H3,(H,14,18)(H,15,16,19). The Labute approximate surface area is 127 Å². The zero-order valence-corrected chi connectivity index (χ0v) is 13.2. The summed E-state index contributed by atoms with van der Waals surface area (Å²) in [4.78, 5) is 29.8. The van der Waals surface area contributed by atoms with E-state index in [1.165, 1.54) is 6.20 Å². The molecule has 1 heterocycles. The van der Waals surface area contributed by atoms with E-state index in [1.807, 2.05) is 0 Å². The predicted molar refractivity (Wildman–Crippen MR) is 80.5 cm³/mol. The number of nitrogens with one attached hydrogen (secondary N) is 2. The van der Waals surface area contributed by atoms with Gasteiger partial charge in [0.2, 0.25) is 0 Å². The van der Waals surface area contributed by atoms with E-state index in [-0.39, 0.29) is 24.5 Å². The van der Waals surface area contributed by atoms with Crippen molar-refractivity contribution in [3.05, 3.63) is 11.1 Å². The number of nitrogens with zero attached hydrogens (tertiary/aromatic N) is 2. The molecule has 1 aliphatic carbocycles. The molecule has 21 heavy (non-hydrogen) atoms. The average Bonchev–Trinajstić information content (AvgIpc) is 3.14. The molecule has 0 bridgehead atoms. The first-order valence-corrected chi connectivity index (χ1v) is 7.60. The minimum Gasteiger partial charge on any atom is -0.389 e. The third kappa shape index (κ3) is 4.40. The second-order valence-corrected chi connectivity index (χ2v) is 6.74. The normalized spacial score (nSPS) is 14.7. The van der Waals surface area contributed by atoms with Crippen LogP contribution < -0.4 is 10.6 Å². The minimum absolute atomic E-state index is 0.176. The molecule has 0 radical (unpaired) electrons. The Kier molecular flexibility index (Phi) is 4.48. The molecule has 0 saturated heterocycles. The van der Waals surface area contributed by atoms with Crippen molar-refractivity contribution in [1.29, 1.82) is 0 Å². The summed E-state index contributed by atoms with van der Waals surface area (Å²) in [6.45, 7) is 3.60. The second-order valence-electron chi connectivity index (χ2n) is 5.71. The number of aliphatic hydroxyl groups is 1. The van der Waals surface area contributed by atoms with Crippen molar-refractivity contribution in [2.75, 3.05) is 18.9 Å². The van der Waals surface area contributed by atoms with E-state index in [0.717, 1.165) is 24.2 Å². The number of anilines is 1. The van der Waals surface area contributed by atoms with Crippen molar-refractivity contribution >= 4 is 28.4 Å². The largest absolute Gasteiger partial charge is 0.389 e. The van der Waals surface area contributed by atoms with Crippen molar-refractivity contribution in [2.45, 2.75) is 38.3 Å². The average molecular weight is 312 g/mol. The molecular formula is C13H20N4O3S. The summed E-state index contributed by atoms with van der Waals surface area (Å²) in [5, 5.41) is 15.5. The van der Waals surface area contributed by atoms with Gasteiger partial charge in [-0.2, -0.15) is 0 Å². The molecule has 1 fully saturated rings. The quantitative estimate of drug-likeness (QED) is 0.763. The molecule has 3 N–H and O–H groups in total. The van der Waals surface area contributed by atoms with Gasteiger partial charge in [0.1, 0.15) is 4.88 Å². The lowest BCUT2D eigenvalue weighted by molar-refractivity contribution is 0.0467. The van der Waals surface area contributed by atoms with E-state index < -0.39 is 5.60 Å². The summed E-state index contributed by atoms with van der Waals surface area (Å²) in [6, 6.07) is -0.118. The Bertz CT molecular complexity index is 534. The van der Waals surface area contributed by atoms with Crippen LogP contribution in [0.2, 0.25) is 0 Å². The van der Waals surface area contributed by atoms with E-state index in [0.29, 0.717) is 10.0 Å². The number of carbonyl (C=O) groups is 2. The summed E-state index contributed by atoms with van der Waals surface area (Å²) in [7, 11) is 1.54. The van der Waals surface area contributed by atoms with Gasteiger partial charge in [0.05, 0.1) is 18.3 Å². The first-order valence-electron chi connectivity index (χ1n) is 6.78. The Morgan fingerprint density at radius 2 is 2.19 bits per heavy atom. The first-order chi connectivity index (χ1) is 9.80. The van der Waals surface area contributed by atoms with E-state index in [2.05, 4.69) is 15.6 Å². The Morgan fingerprint density at radius 1 is 1.52 bits per heavy atom. The summed E-state index contributed by atoms with van der Waals surface area (Å²) in [6.07, 6.45) is 3.33. The van der Waals surface area contributed by atoms with Crippen LogP contribution in [-0.2, 0) is 0 Å². The first kappa shape index (κ1) is 15.7. The Balaban J connectivity index is 2.01. The molecule has 1 aromatic rings. The van der Waals surface area contributed by atoms with Crippen molar-refractivity contribution < 1.29 is 14.7 Å². The number of thiazole rings is 1. The van der Waals surface area contributed by atoms with Gasteiger partial charge in [0.15, 0.2) is 5.13 Å². The van der Waals surface area contributed by atoms with Gasteiger partial charge in [0.25, 0.3) is 5.91 Å². The van der Waals surface area contributed by atoms with Crippen LogP contribution in [0.25, 0.3) is 0 Å². The van der Waals surface area contributed by atoms with Gasteiger partial charge < -0.3 is 15.3 Å². The molecule has 1 aliphatic rings. The molecule has 1 saturated carbocycles. The smallest absolute Gasteiger partial charge is 0.323 e. The van der Waals surface area contributed by atoms with E-state index in [4.69, 9.17) is 0 Å². The fourth-order valence-corrected chi connectivity index (χ4v) is 2.65. The van der Waals surface area contributed by atoms with E-state index >= 15 is 0 Å². The third-order valence-corrected chi connectivity index (χ3v) is 3.89. The molecule has 0 unspecified atom stereocenters.